The molecule has 2 atom stereocenters. The molecule has 3 rings (SSSR count). The smallest absolute Gasteiger partial charge is 0.161 e. The highest BCUT2D eigenvalue weighted by atomic mass is 35.5. The Balaban J connectivity index is 2.14. The maximum Gasteiger partial charge on any atom is 0.161 e. The third-order valence-corrected chi connectivity index (χ3v) is 5.52. The molecule has 2 aromatic rings. The maximum atomic E-state index is 6.13. The third kappa shape index (κ3) is 2.61. The molecule has 1 aliphatic rings. The second-order valence-corrected chi connectivity index (χ2v) is 7.06. The summed E-state index contributed by atoms with van der Waals surface area (Å²) in [5, 5.41) is 0. The fourth-order valence-corrected chi connectivity index (χ4v) is 4.39. The number of ether oxygens (including phenoxy) is 2. The van der Waals surface area contributed by atoms with Crippen LogP contribution in [0, 0.1) is 0 Å². The quantitative estimate of drug-likeness (QED) is 0.766. The molecule has 5 heteroatoms. The summed E-state index contributed by atoms with van der Waals surface area (Å²) in [5.41, 5.74) is 2.52. The molecule has 0 spiro atoms. The fraction of sp³-hybridized carbons (Fsp3) is 0.353. The first-order valence-corrected chi connectivity index (χ1v) is 8.33. The van der Waals surface area contributed by atoms with Crippen LogP contribution >= 0.6 is 22.9 Å². The van der Waals surface area contributed by atoms with Gasteiger partial charge in [-0.25, -0.2) is 0 Å². The standard InChI is InChI=1S/C17H18ClNO2S/c1-19-12-5-4-10-8-13(20-2)14(21-3)9-11(10)17(12)15-6-7-16(18)22-15/h6-9,12,17H,1,4-5H2,2-3H3/t12-,17-/m0/s1. The van der Waals surface area contributed by atoms with E-state index < -0.39 is 0 Å². The molecule has 0 amide bonds. The first-order chi connectivity index (χ1) is 10.7. The summed E-state index contributed by atoms with van der Waals surface area (Å²) in [4.78, 5) is 5.57. The van der Waals surface area contributed by atoms with Crippen LogP contribution in [-0.2, 0) is 6.42 Å². The normalized spacial score (nSPS) is 20.3. The Morgan fingerprint density at radius 1 is 1.23 bits per heavy atom. The Morgan fingerprint density at radius 2 is 1.95 bits per heavy atom. The van der Waals surface area contributed by atoms with Gasteiger partial charge >= 0.3 is 0 Å². The molecule has 116 valence electrons. The van der Waals surface area contributed by atoms with Gasteiger partial charge in [0, 0.05) is 10.8 Å². The highest BCUT2D eigenvalue weighted by Crippen LogP contribution is 2.45. The van der Waals surface area contributed by atoms with Gasteiger partial charge in [-0.1, -0.05) is 11.6 Å². The van der Waals surface area contributed by atoms with Crippen molar-refractivity contribution in [3.05, 3.63) is 44.6 Å². The van der Waals surface area contributed by atoms with Gasteiger partial charge in [0.05, 0.1) is 24.6 Å². The lowest BCUT2D eigenvalue weighted by Crippen LogP contribution is -2.24. The summed E-state index contributed by atoms with van der Waals surface area (Å²) < 4.78 is 11.7. The fourth-order valence-electron chi connectivity index (χ4n) is 3.16. The molecule has 1 aromatic heterocycles. The number of fused-ring (bicyclic) bond motifs is 1. The van der Waals surface area contributed by atoms with E-state index in [-0.39, 0.29) is 12.0 Å². The Kier molecular flexibility index (Phi) is 4.41. The van der Waals surface area contributed by atoms with Crippen molar-refractivity contribution in [1.82, 2.24) is 0 Å². The van der Waals surface area contributed by atoms with Gasteiger partial charge < -0.3 is 9.47 Å². The molecule has 0 aliphatic heterocycles. The molecule has 0 N–H and O–H groups in total. The number of hydrogen-bond donors (Lipinski definition) is 0. The molecule has 0 radical (unpaired) electrons. The summed E-state index contributed by atoms with van der Waals surface area (Å²) in [6.07, 6.45) is 1.95. The van der Waals surface area contributed by atoms with E-state index in [0.29, 0.717) is 0 Å². The van der Waals surface area contributed by atoms with Crippen LogP contribution in [0.3, 0.4) is 0 Å². The molecule has 1 aromatic carbocycles. The van der Waals surface area contributed by atoms with Gasteiger partial charge in [-0.15, -0.1) is 11.3 Å². The van der Waals surface area contributed by atoms with E-state index in [4.69, 9.17) is 21.1 Å². The lowest BCUT2D eigenvalue weighted by atomic mass is 9.78. The van der Waals surface area contributed by atoms with E-state index in [1.165, 1.54) is 16.0 Å². The molecule has 22 heavy (non-hydrogen) atoms. The van der Waals surface area contributed by atoms with E-state index in [1.54, 1.807) is 25.6 Å². The van der Waals surface area contributed by atoms with Gasteiger partial charge in [-0.05, 0) is 55.0 Å². The highest BCUT2D eigenvalue weighted by Gasteiger charge is 2.32. The number of benzene rings is 1. The number of thiophene rings is 1. The molecule has 0 saturated heterocycles. The number of aryl methyl sites for hydroxylation is 1. The van der Waals surface area contributed by atoms with Crippen LogP contribution in [-0.4, -0.2) is 27.0 Å². The molecular weight excluding hydrogens is 318 g/mol. The van der Waals surface area contributed by atoms with Crippen molar-refractivity contribution in [2.45, 2.75) is 24.8 Å². The first-order valence-electron chi connectivity index (χ1n) is 7.13. The number of methoxy groups -OCH3 is 2. The van der Waals surface area contributed by atoms with Crippen molar-refractivity contribution in [3.63, 3.8) is 0 Å². The van der Waals surface area contributed by atoms with E-state index in [1.807, 2.05) is 6.07 Å². The lowest BCUT2D eigenvalue weighted by molar-refractivity contribution is 0.352. The zero-order chi connectivity index (χ0) is 15.7. The van der Waals surface area contributed by atoms with Gasteiger partial charge in [0.25, 0.3) is 0 Å². The van der Waals surface area contributed by atoms with Crippen molar-refractivity contribution < 1.29 is 9.47 Å². The predicted molar refractivity (Wildman–Crippen MR) is 92.4 cm³/mol. The van der Waals surface area contributed by atoms with E-state index in [0.717, 1.165) is 28.7 Å². The number of rotatable bonds is 4. The topological polar surface area (TPSA) is 30.8 Å². The van der Waals surface area contributed by atoms with Gasteiger partial charge in [-0.3, -0.25) is 4.99 Å². The second kappa shape index (κ2) is 6.31. The Hall–Kier alpha value is -1.52. The maximum absolute atomic E-state index is 6.13. The minimum absolute atomic E-state index is 0.167. The van der Waals surface area contributed by atoms with Gasteiger partial charge in [0.1, 0.15) is 0 Å². The van der Waals surface area contributed by atoms with Gasteiger partial charge in [0.15, 0.2) is 11.5 Å². The molecule has 3 nitrogen and oxygen atoms in total. The van der Waals surface area contributed by atoms with Crippen LogP contribution in [0.15, 0.2) is 29.3 Å². The Morgan fingerprint density at radius 3 is 2.55 bits per heavy atom. The summed E-state index contributed by atoms with van der Waals surface area (Å²) in [6.45, 7) is 3.78. The summed E-state index contributed by atoms with van der Waals surface area (Å²) in [7, 11) is 3.32. The number of nitrogens with zero attached hydrogens (tertiary/aromatic N) is 1. The highest BCUT2D eigenvalue weighted by molar-refractivity contribution is 7.16. The summed E-state index contributed by atoms with van der Waals surface area (Å²) in [6, 6.07) is 8.35. The minimum Gasteiger partial charge on any atom is -0.493 e. The molecule has 1 heterocycles. The van der Waals surface area contributed by atoms with Crippen LogP contribution in [0.4, 0.5) is 0 Å². The zero-order valence-corrected chi connectivity index (χ0v) is 14.2. The molecule has 0 unspecified atom stereocenters. The van der Waals surface area contributed by atoms with Crippen molar-refractivity contribution in [3.8, 4) is 11.5 Å². The Bertz CT molecular complexity index is 698. The SMILES string of the molecule is C=N[C@H]1CCc2cc(OC)c(OC)cc2[C@@H]1c1ccc(Cl)s1. The van der Waals surface area contributed by atoms with Crippen LogP contribution in [0.1, 0.15) is 28.3 Å². The Labute approximate surface area is 139 Å². The largest absolute Gasteiger partial charge is 0.493 e. The van der Waals surface area contributed by atoms with Gasteiger partial charge in [-0.2, -0.15) is 0 Å². The number of aliphatic imine (C=N–C) groups is 1. The zero-order valence-electron chi connectivity index (χ0n) is 12.6. The molecule has 0 fully saturated rings. The van der Waals surface area contributed by atoms with Crippen molar-refractivity contribution in [2.75, 3.05) is 14.2 Å². The van der Waals surface area contributed by atoms with Crippen LogP contribution < -0.4 is 9.47 Å². The van der Waals surface area contributed by atoms with Crippen LogP contribution in [0.25, 0.3) is 0 Å². The second-order valence-electron chi connectivity index (χ2n) is 5.31. The van der Waals surface area contributed by atoms with Gasteiger partial charge in [0.2, 0.25) is 0 Å². The average molecular weight is 336 g/mol. The van der Waals surface area contributed by atoms with Crippen molar-refractivity contribution in [2.24, 2.45) is 4.99 Å². The van der Waals surface area contributed by atoms with E-state index in [9.17, 15) is 0 Å². The predicted octanol–water partition coefficient (Wildman–Crippen LogP) is 4.57. The summed E-state index contributed by atoms with van der Waals surface area (Å²) in [5.74, 6) is 1.70. The monoisotopic (exact) mass is 335 g/mol. The molecular formula is C17H18ClNO2S. The number of hydrogen-bond acceptors (Lipinski definition) is 4. The van der Waals surface area contributed by atoms with E-state index in [2.05, 4.69) is 29.9 Å². The van der Waals surface area contributed by atoms with Crippen molar-refractivity contribution in [1.29, 1.82) is 0 Å². The molecule has 0 bridgehead atoms. The lowest BCUT2D eigenvalue weighted by Gasteiger charge is -2.31. The molecule has 1 aliphatic carbocycles. The van der Waals surface area contributed by atoms with E-state index >= 15 is 0 Å². The average Bonchev–Trinajstić information content (AvgIpc) is 2.98. The van der Waals surface area contributed by atoms with Crippen LogP contribution in [0.2, 0.25) is 4.34 Å². The van der Waals surface area contributed by atoms with Crippen LogP contribution in [0.5, 0.6) is 11.5 Å². The first kappa shape index (κ1) is 15.4. The van der Waals surface area contributed by atoms with Crippen molar-refractivity contribution >= 4 is 29.7 Å². The molecule has 0 saturated carbocycles. The number of halogens is 1. The minimum atomic E-state index is 0.167. The summed E-state index contributed by atoms with van der Waals surface area (Å²) >= 11 is 7.74. The third-order valence-electron chi connectivity index (χ3n) is 4.21.